The summed E-state index contributed by atoms with van der Waals surface area (Å²) in [6.07, 6.45) is 0.497. The molecule has 5 heteroatoms. The predicted octanol–water partition coefficient (Wildman–Crippen LogP) is 1.61. The summed E-state index contributed by atoms with van der Waals surface area (Å²) in [6, 6.07) is 0. The second kappa shape index (κ2) is 4.17. The third-order valence-electron chi connectivity index (χ3n) is 2.01. The molecule has 0 spiro atoms. The van der Waals surface area contributed by atoms with Crippen LogP contribution in [0.25, 0.3) is 0 Å². The lowest BCUT2D eigenvalue weighted by Gasteiger charge is -2.34. The van der Waals surface area contributed by atoms with Crippen LogP contribution in [0.3, 0.4) is 0 Å². The van der Waals surface area contributed by atoms with Crippen molar-refractivity contribution in [2.75, 3.05) is 19.6 Å². The van der Waals surface area contributed by atoms with Crippen LogP contribution in [0.4, 0.5) is 8.78 Å². The summed E-state index contributed by atoms with van der Waals surface area (Å²) in [5, 5.41) is 3.32. The summed E-state index contributed by atoms with van der Waals surface area (Å²) >= 11 is 4.96. The van der Waals surface area contributed by atoms with Gasteiger partial charge in [0, 0.05) is 19.5 Å². The fourth-order valence-electron chi connectivity index (χ4n) is 1.40. The number of rotatable bonds is 1. The molecule has 2 nitrogen and oxygen atoms in total. The van der Waals surface area contributed by atoms with Crippen molar-refractivity contribution < 1.29 is 8.78 Å². The molecule has 1 rings (SSSR count). The SMILES string of the molecule is CCNC(=S)N1CCCC(F)(F)C1. The summed E-state index contributed by atoms with van der Waals surface area (Å²) in [5.74, 6) is -2.57. The molecular formula is C8H14F2N2S. The summed E-state index contributed by atoms with van der Waals surface area (Å²) in [6.45, 7) is 2.98. The molecule has 1 N–H and O–H groups in total. The molecule has 0 aliphatic carbocycles. The van der Waals surface area contributed by atoms with Crippen LogP contribution in [0.1, 0.15) is 19.8 Å². The Hall–Kier alpha value is -0.450. The van der Waals surface area contributed by atoms with Crippen molar-refractivity contribution in [3.63, 3.8) is 0 Å². The summed E-state index contributed by atoms with van der Waals surface area (Å²) in [4.78, 5) is 1.54. The van der Waals surface area contributed by atoms with E-state index >= 15 is 0 Å². The van der Waals surface area contributed by atoms with Gasteiger partial charge in [-0.1, -0.05) is 0 Å². The highest BCUT2D eigenvalue weighted by Crippen LogP contribution is 2.26. The van der Waals surface area contributed by atoms with Crippen LogP contribution < -0.4 is 5.32 Å². The molecule has 0 aromatic rings. The average Bonchev–Trinajstić information content (AvgIpc) is 2.03. The van der Waals surface area contributed by atoms with Crippen molar-refractivity contribution in [1.82, 2.24) is 10.2 Å². The highest BCUT2D eigenvalue weighted by atomic mass is 32.1. The van der Waals surface area contributed by atoms with E-state index in [-0.39, 0.29) is 13.0 Å². The van der Waals surface area contributed by atoms with Crippen LogP contribution in [-0.4, -0.2) is 35.6 Å². The van der Waals surface area contributed by atoms with Crippen molar-refractivity contribution >= 4 is 17.3 Å². The molecule has 1 fully saturated rings. The monoisotopic (exact) mass is 208 g/mol. The quantitative estimate of drug-likeness (QED) is 0.659. The number of nitrogens with one attached hydrogen (secondary N) is 1. The third-order valence-corrected chi connectivity index (χ3v) is 2.41. The number of alkyl halides is 2. The molecule has 0 aromatic heterocycles. The molecule has 13 heavy (non-hydrogen) atoms. The Morgan fingerprint density at radius 2 is 2.31 bits per heavy atom. The van der Waals surface area contributed by atoms with Crippen LogP contribution in [0, 0.1) is 0 Å². The Labute approximate surface area is 82.3 Å². The Balaban J connectivity index is 2.47. The maximum atomic E-state index is 12.9. The average molecular weight is 208 g/mol. The molecule has 0 saturated carbocycles. The Morgan fingerprint density at radius 3 is 2.85 bits per heavy atom. The van der Waals surface area contributed by atoms with Gasteiger partial charge in [-0.05, 0) is 25.6 Å². The summed E-state index contributed by atoms with van der Waals surface area (Å²) in [7, 11) is 0. The molecule has 1 aliphatic heterocycles. The molecule has 0 radical (unpaired) electrons. The van der Waals surface area contributed by atoms with E-state index in [0.717, 1.165) is 0 Å². The van der Waals surface area contributed by atoms with Crippen molar-refractivity contribution in [2.45, 2.75) is 25.7 Å². The van der Waals surface area contributed by atoms with E-state index in [0.29, 0.717) is 24.6 Å². The standard InChI is InChI=1S/C8H14F2N2S/c1-2-11-7(13)12-5-3-4-8(9,10)6-12/h2-6H2,1H3,(H,11,13). The maximum Gasteiger partial charge on any atom is 0.265 e. The van der Waals surface area contributed by atoms with E-state index in [1.807, 2.05) is 6.92 Å². The Morgan fingerprint density at radius 1 is 1.62 bits per heavy atom. The minimum atomic E-state index is -2.57. The first-order chi connectivity index (χ1) is 6.05. The number of piperidine rings is 1. The molecule has 1 heterocycles. The molecule has 0 bridgehead atoms. The Bertz CT molecular complexity index is 197. The number of hydrogen-bond donors (Lipinski definition) is 1. The molecule has 76 valence electrons. The van der Waals surface area contributed by atoms with E-state index < -0.39 is 5.92 Å². The van der Waals surface area contributed by atoms with Crippen molar-refractivity contribution in [2.24, 2.45) is 0 Å². The highest BCUT2D eigenvalue weighted by Gasteiger charge is 2.35. The van der Waals surface area contributed by atoms with Gasteiger partial charge in [0.05, 0.1) is 6.54 Å². The van der Waals surface area contributed by atoms with E-state index in [2.05, 4.69) is 5.32 Å². The first kappa shape index (κ1) is 10.6. The van der Waals surface area contributed by atoms with Crippen LogP contribution in [0.2, 0.25) is 0 Å². The van der Waals surface area contributed by atoms with Gasteiger partial charge >= 0.3 is 0 Å². The second-order valence-electron chi connectivity index (χ2n) is 3.22. The van der Waals surface area contributed by atoms with Crippen LogP contribution >= 0.6 is 12.2 Å². The van der Waals surface area contributed by atoms with Gasteiger partial charge in [0.1, 0.15) is 0 Å². The molecule has 1 aliphatic rings. The lowest BCUT2D eigenvalue weighted by molar-refractivity contribution is -0.0468. The minimum Gasteiger partial charge on any atom is -0.363 e. The van der Waals surface area contributed by atoms with Gasteiger partial charge in [-0.2, -0.15) is 0 Å². The number of nitrogens with zero attached hydrogens (tertiary/aromatic N) is 1. The van der Waals surface area contributed by atoms with Crippen LogP contribution in [0.15, 0.2) is 0 Å². The molecule has 1 saturated heterocycles. The Kier molecular flexibility index (Phi) is 3.41. The predicted molar refractivity (Wildman–Crippen MR) is 52.0 cm³/mol. The van der Waals surface area contributed by atoms with Gasteiger partial charge in [0.25, 0.3) is 5.92 Å². The highest BCUT2D eigenvalue weighted by molar-refractivity contribution is 7.80. The van der Waals surface area contributed by atoms with Crippen LogP contribution in [-0.2, 0) is 0 Å². The maximum absolute atomic E-state index is 12.9. The van der Waals surface area contributed by atoms with E-state index in [1.165, 1.54) is 0 Å². The molecule has 0 unspecified atom stereocenters. The minimum absolute atomic E-state index is 0.0156. The zero-order valence-electron chi connectivity index (χ0n) is 7.65. The number of hydrogen-bond acceptors (Lipinski definition) is 1. The van der Waals surface area contributed by atoms with Crippen LogP contribution in [0.5, 0.6) is 0 Å². The number of likely N-dealkylation sites (tertiary alicyclic amines) is 1. The van der Waals surface area contributed by atoms with Crippen molar-refractivity contribution in [3.8, 4) is 0 Å². The first-order valence-electron chi connectivity index (χ1n) is 4.46. The van der Waals surface area contributed by atoms with E-state index in [4.69, 9.17) is 12.2 Å². The van der Waals surface area contributed by atoms with E-state index in [9.17, 15) is 8.78 Å². The molecule has 0 amide bonds. The lowest BCUT2D eigenvalue weighted by atomic mass is 10.1. The zero-order valence-corrected chi connectivity index (χ0v) is 8.46. The third kappa shape index (κ3) is 3.06. The fourth-order valence-corrected chi connectivity index (χ4v) is 1.70. The van der Waals surface area contributed by atoms with Gasteiger partial charge in [-0.3, -0.25) is 0 Å². The topological polar surface area (TPSA) is 15.3 Å². The lowest BCUT2D eigenvalue weighted by Crippen LogP contribution is -2.49. The van der Waals surface area contributed by atoms with Crippen molar-refractivity contribution in [3.05, 3.63) is 0 Å². The number of halogens is 2. The summed E-state index contributed by atoms with van der Waals surface area (Å²) < 4.78 is 25.9. The zero-order chi connectivity index (χ0) is 9.90. The van der Waals surface area contributed by atoms with Gasteiger partial charge in [0.15, 0.2) is 5.11 Å². The van der Waals surface area contributed by atoms with Gasteiger partial charge in [0.2, 0.25) is 0 Å². The van der Waals surface area contributed by atoms with Crippen molar-refractivity contribution in [1.29, 1.82) is 0 Å². The first-order valence-corrected chi connectivity index (χ1v) is 4.86. The molecule has 0 atom stereocenters. The second-order valence-corrected chi connectivity index (χ2v) is 3.60. The van der Waals surface area contributed by atoms with E-state index in [1.54, 1.807) is 4.90 Å². The molecular weight excluding hydrogens is 194 g/mol. The normalized spacial score (nSPS) is 21.3. The smallest absolute Gasteiger partial charge is 0.265 e. The largest absolute Gasteiger partial charge is 0.363 e. The van der Waals surface area contributed by atoms with Gasteiger partial charge < -0.3 is 10.2 Å². The molecule has 0 aromatic carbocycles. The number of thiocarbonyl (C=S) groups is 1. The summed E-state index contributed by atoms with van der Waals surface area (Å²) in [5.41, 5.74) is 0. The van der Waals surface area contributed by atoms with Gasteiger partial charge in [-0.15, -0.1) is 0 Å². The fraction of sp³-hybridized carbons (Fsp3) is 0.875. The van der Waals surface area contributed by atoms with Gasteiger partial charge in [-0.25, -0.2) is 8.78 Å².